The Morgan fingerprint density at radius 2 is 1.95 bits per heavy atom. The van der Waals surface area contributed by atoms with E-state index in [1.807, 2.05) is 6.07 Å². The van der Waals surface area contributed by atoms with E-state index in [1.165, 1.54) is 0 Å². The van der Waals surface area contributed by atoms with E-state index in [0.29, 0.717) is 28.9 Å². The highest BCUT2D eigenvalue weighted by molar-refractivity contribution is 6.35. The van der Waals surface area contributed by atoms with Gasteiger partial charge in [-0.2, -0.15) is 0 Å². The molecule has 114 valence electrons. The van der Waals surface area contributed by atoms with Crippen LogP contribution in [0.4, 0.5) is 0 Å². The molecular formula is C16H19Cl2NO2. The highest BCUT2D eigenvalue weighted by Gasteiger charge is 2.13. The van der Waals surface area contributed by atoms with Crippen molar-refractivity contribution in [1.82, 2.24) is 5.32 Å². The van der Waals surface area contributed by atoms with Gasteiger partial charge in [0.1, 0.15) is 18.1 Å². The average Bonchev–Trinajstić information content (AvgIpc) is 2.82. The van der Waals surface area contributed by atoms with Gasteiger partial charge in [0.2, 0.25) is 0 Å². The number of ether oxygens (including phenoxy) is 1. The summed E-state index contributed by atoms with van der Waals surface area (Å²) >= 11 is 11.9. The van der Waals surface area contributed by atoms with E-state index in [9.17, 15) is 0 Å². The van der Waals surface area contributed by atoms with Crippen LogP contribution in [0.1, 0.15) is 32.1 Å². The molecule has 0 aliphatic rings. The fraction of sp³-hybridized carbons (Fsp3) is 0.375. The number of rotatable bonds is 5. The van der Waals surface area contributed by atoms with E-state index < -0.39 is 0 Å². The van der Waals surface area contributed by atoms with Gasteiger partial charge in [-0.25, -0.2) is 0 Å². The van der Waals surface area contributed by atoms with Crippen LogP contribution in [-0.4, -0.2) is 5.54 Å². The molecule has 0 atom stereocenters. The Bertz CT molecular complexity index is 603. The first kappa shape index (κ1) is 16.2. The van der Waals surface area contributed by atoms with Gasteiger partial charge in [0.25, 0.3) is 0 Å². The maximum atomic E-state index is 6.09. The molecule has 0 fully saturated rings. The Balaban J connectivity index is 1.99. The summed E-state index contributed by atoms with van der Waals surface area (Å²) in [5.74, 6) is 1.48. The number of halogens is 2. The number of hydrogen-bond donors (Lipinski definition) is 1. The molecule has 1 heterocycles. The van der Waals surface area contributed by atoms with Crippen LogP contribution < -0.4 is 10.1 Å². The summed E-state index contributed by atoms with van der Waals surface area (Å²) in [6, 6.07) is 7.08. The summed E-state index contributed by atoms with van der Waals surface area (Å²) < 4.78 is 11.2. The zero-order chi connectivity index (χ0) is 15.5. The van der Waals surface area contributed by atoms with Crippen molar-refractivity contribution < 1.29 is 9.15 Å². The van der Waals surface area contributed by atoms with Crippen LogP contribution in [0.5, 0.6) is 5.75 Å². The molecule has 1 aromatic carbocycles. The molecule has 1 aromatic heterocycles. The lowest BCUT2D eigenvalue weighted by atomic mass is 10.1. The molecule has 1 N–H and O–H groups in total. The molecule has 21 heavy (non-hydrogen) atoms. The smallest absolute Gasteiger partial charge is 0.138 e. The van der Waals surface area contributed by atoms with Crippen molar-refractivity contribution in [1.29, 1.82) is 0 Å². The summed E-state index contributed by atoms with van der Waals surface area (Å²) in [7, 11) is 0. The molecule has 5 heteroatoms. The second-order valence-electron chi connectivity index (χ2n) is 5.84. The minimum Gasteiger partial charge on any atom is -0.487 e. The van der Waals surface area contributed by atoms with Gasteiger partial charge >= 0.3 is 0 Å². The lowest BCUT2D eigenvalue weighted by Crippen LogP contribution is -2.35. The Labute approximate surface area is 135 Å². The van der Waals surface area contributed by atoms with Crippen molar-refractivity contribution in [3.63, 3.8) is 0 Å². The lowest BCUT2D eigenvalue weighted by molar-refractivity contribution is 0.299. The van der Waals surface area contributed by atoms with Crippen molar-refractivity contribution in [3.05, 3.63) is 51.9 Å². The lowest BCUT2D eigenvalue weighted by Gasteiger charge is -2.20. The first-order valence-electron chi connectivity index (χ1n) is 6.73. The molecule has 3 nitrogen and oxygen atoms in total. The highest BCUT2D eigenvalue weighted by Crippen LogP contribution is 2.28. The van der Waals surface area contributed by atoms with Gasteiger partial charge in [-0.1, -0.05) is 23.2 Å². The van der Waals surface area contributed by atoms with Crippen molar-refractivity contribution in [2.24, 2.45) is 0 Å². The first-order chi connectivity index (χ1) is 9.85. The van der Waals surface area contributed by atoms with Crippen molar-refractivity contribution >= 4 is 23.2 Å². The summed E-state index contributed by atoms with van der Waals surface area (Å²) in [5.41, 5.74) is 1.03. The molecule has 0 amide bonds. The van der Waals surface area contributed by atoms with E-state index in [0.717, 1.165) is 11.3 Å². The largest absolute Gasteiger partial charge is 0.487 e. The minimum atomic E-state index is 0.0321. The Hall–Kier alpha value is -1.16. The Morgan fingerprint density at radius 1 is 1.19 bits per heavy atom. The van der Waals surface area contributed by atoms with Crippen LogP contribution >= 0.6 is 23.2 Å². The molecule has 0 radical (unpaired) electrons. The van der Waals surface area contributed by atoms with Gasteiger partial charge in [-0.05, 0) is 45.0 Å². The van der Waals surface area contributed by atoms with Crippen LogP contribution in [0, 0.1) is 0 Å². The fourth-order valence-electron chi connectivity index (χ4n) is 1.74. The molecule has 2 rings (SSSR count). The molecule has 0 aliphatic carbocycles. The molecule has 2 aromatic rings. The van der Waals surface area contributed by atoms with Gasteiger partial charge in [0.05, 0.1) is 17.8 Å². The number of furan rings is 1. The fourth-order valence-corrected chi connectivity index (χ4v) is 2.21. The topological polar surface area (TPSA) is 34.4 Å². The molecule has 0 aliphatic heterocycles. The standard InChI is InChI=1S/C16H19Cl2NO2/c1-16(2,3)19-9-15-11(6-7-20-15)10-21-14-5-4-12(17)8-13(14)18/h4-8,19H,9-10H2,1-3H3. The van der Waals surface area contributed by atoms with Crippen molar-refractivity contribution in [2.75, 3.05) is 0 Å². The average molecular weight is 328 g/mol. The molecular weight excluding hydrogens is 309 g/mol. The predicted octanol–water partition coefficient (Wildman–Crippen LogP) is 5.05. The second-order valence-corrected chi connectivity index (χ2v) is 6.68. The van der Waals surface area contributed by atoms with Crippen LogP contribution in [-0.2, 0) is 13.2 Å². The van der Waals surface area contributed by atoms with E-state index in [2.05, 4.69) is 26.1 Å². The van der Waals surface area contributed by atoms with Gasteiger partial charge in [-0.15, -0.1) is 0 Å². The van der Waals surface area contributed by atoms with Gasteiger partial charge in [-0.3, -0.25) is 0 Å². The zero-order valence-corrected chi connectivity index (χ0v) is 13.9. The maximum absolute atomic E-state index is 6.09. The van der Waals surface area contributed by atoms with Crippen LogP contribution in [0.3, 0.4) is 0 Å². The Morgan fingerprint density at radius 3 is 2.62 bits per heavy atom. The zero-order valence-electron chi connectivity index (χ0n) is 12.4. The number of hydrogen-bond acceptors (Lipinski definition) is 3. The Kier molecular flexibility index (Phi) is 5.20. The van der Waals surface area contributed by atoms with Crippen molar-refractivity contribution in [2.45, 2.75) is 39.5 Å². The summed E-state index contributed by atoms with van der Waals surface area (Å²) in [6.45, 7) is 7.39. The van der Waals surface area contributed by atoms with E-state index >= 15 is 0 Å². The molecule has 0 saturated carbocycles. The molecule has 0 bridgehead atoms. The van der Waals surface area contributed by atoms with Crippen molar-refractivity contribution in [3.8, 4) is 5.75 Å². The van der Waals surface area contributed by atoms with Gasteiger partial charge in [0, 0.05) is 16.1 Å². The van der Waals surface area contributed by atoms with E-state index in [4.69, 9.17) is 32.4 Å². The highest BCUT2D eigenvalue weighted by atomic mass is 35.5. The summed E-state index contributed by atoms with van der Waals surface area (Å²) in [4.78, 5) is 0. The van der Waals surface area contributed by atoms with E-state index in [1.54, 1.807) is 24.5 Å². The third-order valence-corrected chi connectivity index (χ3v) is 3.42. The van der Waals surface area contributed by atoms with E-state index in [-0.39, 0.29) is 5.54 Å². The van der Waals surface area contributed by atoms with Gasteiger partial charge in [0.15, 0.2) is 0 Å². The first-order valence-corrected chi connectivity index (χ1v) is 7.49. The van der Waals surface area contributed by atoms with Gasteiger partial charge < -0.3 is 14.5 Å². The number of nitrogens with one attached hydrogen (secondary N) is 1. The summed E-state index contributed by atoms with van der Waals surface area (Å²) in [6.07, 6.45) is 1.67. The third kappa shape index (κ3) is 4.95. The van der Waals surface area contributed by atoms with Crippen LogP contribution in [0.25, 0.3) is 0 Å². The third-order valence-electron chi connectivity index (χ3n) is 2.89. The molecule has 0 saturated heterocycles. The monoisotopic (exact) mass is 327 g/mol. The normalized spacial score (nSPS) is 11.7. The second kappa shape index (κ2) is 6.73. The van der Waals surface area contributed by atoms with Crippen LogP contribution in [0.2, 0.25) is 10.0 Å². The van der Waals surface area contributed by atoms with Crippen LogP contribution in [0.15, 0.2) is 34.9 Å². The SMILES string of the molecule is CC(C)(C)NCc1occc1COc1ccc(Cl)cc1Cl. The quantitative estimate of drug-likeness (QED) is 0.834. The summed E-state index contributed by atoms with van der Waals surface area (Å²) in [5, 5.41) is 4.48. The minimum absolute atomic E-state index is 0.0321. The molecule has 0 spiro atoms. The maximum Gasteiger partial charge on any atom is 0.138 e. The molecule has 0 unspecified atom stereocenters. The predicted molar refractivity (Wildman–Crippen MR) is 86.1 cm³/mol. The number of benzene rings is 1.